The lowest BCUT2D eigenvalue weighted by atomic mass is 9.83. The average Bonchev–Trinajstić information content (AvgIpc) is 3.13. The number of rotatable bonds is 2. The molecule has 6 rings (SSSR count). The number of aryl methyl sites for hydroxylation is 2. The van der Waals surface area contributed by atoms with Gasteiger partial charge >= 0.3 is 0 Å². The molecule has 33 heavy (non-hydrogen) atoms. The van der Waals surface area contributed by atoms with Crippen molar-refractivity contribution in [2.24, 2.45) is 4.99 Å². The third kappa shape index (κ3) is 3.63. The van der Waals surface area contributed by atoms with Gasteiger partial charge in [0.1, 0.15) is 0 Å². The van der Waals surface area contributed by atoms with E-state index in [2.05, 4.69) is 90.2 Å². The summed E-state index contributed by atoms with van der Waals surface area (Å²) in [5.74, 6) is 0. The van der Waals surface area contributed by atoms with Crippen LogP contribution in [0.15, 0.2) is 88.2 Å². The summed E-state index contributed by atoms with van der Waals surface area (Å²) in [6.07, 6.45) is 3.88. The second-order valence-corrected chi connectivity index (χ2v) is 10.8. The van der Waals surface area contributed by atoms with Crippen molar-refractivity contribution < 1.29 is 0 Å². The predicted octanol–water partition coefficient (Wildman–Crippen LogP) is 5.23. The van der Waals surface area contributed by atoms with E-state index in [1.807, 2.05) is 22.8 Å². The van der Waals surface area contributed by atoms with E-state index < -0.39 is 0 Å². The summed E-state index contributed by atoms with van der Waals surface area (Å²) >= 11 is 3.79. The van der Waals surface area contributed by atoms with Crippen molar-refractivity contribution in [3.63, 3.8) is 0 Å². The SMILES string of the molecule is Cc1ccc(C2C3=C(N=c4sc(=Cc5cccc(I)c5)c(=O)n42)c2ccccc2CC3)cc1. The van der Waals surface area contributed by atoms with Crippen molar-refractivity contribution in [2.45, 2.75) is 25.8 Å². The standard InChI is InChI=1S/C28H21IN2OS/c1-17-9-11-20(12-10-17)26-23-14-13-19-6-2-3-8-22(19)25(23)30-28-31(26)27(32)24(33-28)16-18-5-4-7-21(29)15-18/h2-12,15-16,26H,13-14H2,1H3. The van der Waals surface area contributed by atoms with Crippen molar-refractivity contribution in [1.29, 1.82) is 0 Å². The molecule has 1 aliphatic carbocycles. The number of hydrogen-bond donors (Lipinski definition) is 0. The predicted molar refractivity (Wildman–Crippen MR) is 143 cm³/mol. The highest BCUT2D eigenvalue weighted by molar-refractivity contribution is 14.1. The normalized spacial score (nSPS) is 17.3. The van der Waals surface area contributed by atoms with Crippen LogP contribution in [0.3, 0.4) is 0 Å². The molecule has 0 saturated carbocycles. The van der Waals surface area contributed by atoms with Crippen molar-refractivity contribution >= 4 is 45.7 Å². The molecule has 0 amide bonds. The number of fused-ring (bicyclic) bond motifs is 3. The van der Waals surface area contributed by atoms with Crippen LogP contribution in [-0.2, 0) is 6.42 Å². The van der Waals surface area contributed by atoms with E-state index in [0.717, 1.165) is 42.6 Å². The number of thiazole rings is 1. The first-order valence-electron chi connectivity index (χ1n) is 11.0. The Morgan fingerprint density at radius 2 is 1.85 bits per heavy atom. The average molecular weight is 560 g/mol. The fraction of sp³-hybridized carbons (Fsp3) is 0.143. The maximum atomic E-state index is 13.7. The fourth-order valence-electron chi connectivity index (χ4n) is 4.82. The molecule has 2 aliphatic rings. The van der Waals surface area contributed by atoms with E-state index in [1.165, 1.54) is 33.6 Å². The zero-order valence-electron chi connectivity index (χ0n) is 18.1. The monoisotopic (exact) mass is 560 g/mol. The highest BCUT2D eigenvalue weighted by Crippen LogP contribution is 2.41. The molecule has 1 unspecified atom stereocenters. The summed E-state index contributed by atoms with van der Waals surface area (Å²) in [5.41, 5.74) is 8.25. The van der Waals surface area contributed by atoms with E-state index >= 15 is 0 Å². The summed E-state index contributed by atoms with van der Waals surface area (Å²) in [6.45, 7) is 2.10. The second kappa shape index (κ2) is 8.22. The van der Waals surface area contributed by atoms with E-state index in [0.29, 0.717) is 0 Å². The third-order valence-electron chi connectivity index (χ3n) is 6.41. The van der Waals surface area contributed by atoms with Gasteiger partial charge in [0.2, 0.25) is 0 Å². The van der Waals surface area contributed by atoms with Gasteiger partial charge in [-0.05, 0) is 82.8 Å². The molecule has 0 fully saturated rings. The molecule has 0 spiro atoms. The minimum absolute atomic E-state index is 0.0357. The molecule has 3 aromatic carbocycles. The summed E-state index contributed by atoms with van der Waals surface area (Å²) in [5, 5.41) is 0. The quantitative estimate of drug-likeness (QED) is 0.309. The molecule has 0 N–H and O–H groups in total. The first kappa shape index (κ1) is 20.8. The molecule has 3 nitrogen and oxygen atoms in total. The maximum Gasteiger partial charge on any atom is 0.271 e. The van der Waals surface area contributed by atoms with Crippen LogP contribution in [0.5, 0.6) is 0 Å². The number of hydrogen-bond acceptors (Lipinski definition) is 3. The number of aromatic nitrogens is 1. The van der Waals surface area contributed by atoms with Crippen LogP contribution >= 0.6 is 33.9 Å². The molecule has 2 heterocycles. The summed E-state index contributed by atoms with van der Waals surface area (Å²) in [6, 6.07) is 25.2. The Morgan fingerprint density at radius 1 is 1.03 bits per heavy atom. The lowest BCUT2D eigenvalue weighted by Crippen LogP contribution is -2.38. The Labute approximate surface area is 209 Å². The van der Waals surface area contributed by atoms with Crippen LogP contribution in [0.2, 0.25) is 0 Å². The Morgan fingerprint density at radius 3 is 2.67 bits per heavy atom. The van der Waals surface area contributed by atoms with Crippen LogP contribution in [0.1, 0.15) is 40.3 Å². The van der Waals surface area contributed by atoms with Gasteiger partial charge in [0.15, 0.2) is 4.80 Å². The minimum Gasteiger partial charge on any atom is -0.272 e. The first-order valence-corrected chi connectivity index (χ1v) is 12.9. The van der Waals surface area contributed by atoms with Gasteiger partial charge < -0.3 is 0 Å². The number of benzene rings is 3. The van der Waals surface area contributed by atoms with E-state index in [4.69, 9.17) is 4.99 Å². The van der Waals surface area contributed by atoms with Crippen LogP contribution in [0.25, 0.3) is 11.8 Å². The van der Waals surface area contributed by atoms with Gasteiger partial charge in [-0.25, -0.2) is 4.99 Å². The van der Waals surface area contributed by atoms with Gasteiger partial charge in [0, 0.05) is 9.13 Å². The second-order valence-electron chi connectivity index (χ2n) is 8.58. The van der Waals surface area contributed by atoms with Crippen LogP contribution in [-0.4, -0.2) is 4.57 Å². The van der Waals surface area contributed by atoms with Crippen LogP contribution in [0, 0.1) is 10.5 Å². The largest absolute Gasteiger partial charge is 0.272 e. The highest BCUT2D eigenvalue weighted by Gasteiger charge is 2.32. The van der Waals surface area contributed by atoms with Crippen molar-refractivity contribution in [3.8, 4) is 0 Å². The fourth-order valence-corrected chi connectivity index (χ4v) is 6.39. The minimum atomic E-state index is -0.122. The van der Waals surface area contributed by atoms with Gasteiger partial charge in [-0.3, -0.25) is 9.36 Å². The number of nitrogens with zero attached hydrogens (tertiary/aromatic N) is 2. The molecule has 5 heteroatoms. The van der Waals surface area contributed by atoms with Gasteiger partial charge in [-0.2, -0.15) is 0 Å². The number of allylic oxidation sites excluding steroid dienone is 1. The Hall–Kier alpha value is -2.77. The smallest absolute Gasteiger partial charge is 0.271 e. The van der Waals surface area contributed by atoms with Crippen LogP contribution < -0.4 is 14.9 Å². The van der Waals surface area contributed by atoms with Crippen molar-refractivity contribution in [1.82, 2.24) is 4.57 Å². The summed E-state index contributed by atoms with van der Waals surface area (Å²) in [7, 11) is 0. The molecule has 0 bridgehead atoms. The van der Waals surface area contributed by atoms with Crippen molar-refractivity contribution in [2.75, 3.05) is 0 Å². The van der Waals surface area contributed by atoms with Gasteiger partial charge in [0.25, 0.3) is 5.56 Å². The molecule has 0 saturated heterocycles. The van der Waals surface area contributed by atoms with Gasteiger partial charge in [0.05, 0.1) is 16.3 Å². The molecule has 0 radical (unpaired) electrons. The topological polar surface area (TPSA) is 34.4 Å². The van der Waals surface area contributed by atoms with E-state index in [1.54, 1.807) is 0 Å². The molecule has 1 atom stereocenters. The molecule has 4 aromatic rings. The lowest BCUT2D eigenvalue weighted by Gasteiger charge is -2.30. The summed E-state index contributed by atoms with van der Waals surface area (Å²) in [4.78, 5) is 19.6. The summed E-state index contributed by atoms with van der Waals surface area (Å²) < 4.78 is 3.79. The molecular formula is C28H21IN2OS. The zero-order chi connectivity index (χ0) is 22.5. The van der Waals surface area contributed by atoms with Crippen LogP contribution in [0.4, 0.5) is 0 Å². The lowest BCUT2D eigenvalue weighted by molar-refractivity contribution is 0.585. The first-order chi connectivity index (χ1) is 16.1. The highest BCUT2D eigenvalue weighted by atomic mass is 127. The molecule has 162 valence electrons. The van der Waals surface area contributed by atoms with E-state index in [-0.39, 0.29) is 11.6 Å². The maximum absolute atomic E-state index is 13.7. The Balaban J connectivity index is 1.63. The Bertz CT molecular complexity index is 1610. The van der Waals surface area contributed by atoms with Gasteiger partial charge in [-0.15, -0.1) is 0 Å². The van der Waals surface area contributed by atoms with E-state index in [9.17, 15) is 4.79 Å². The third-order valence-corrected chi connectivity index (χ3v) is 8.07. The molecular weight excluding hydrogens is 539 g/mol. The van der Waals surface area contributed by atoms with Gasteiger partial charge in [-0.1, -0.05) is 77.6 Å². The molecule has 1 aliphatic heterocycles. The van der Waals surface area contributed by atoms with Crippen molar-refractivity contribution in [3.05, 3.63) is 129 Å². The molecule has 1 aromatic heterocycles. The number of halogens is 1. The Kier molecular flexibility index (Phi) is 5.18. The zero-order valence-corrected chi connectivity index (χ0v) is 21.1.